The first kappa shape index (κ1) is 27.9. The summed E-state index contributed by atoms with van der Waals surface area (Å²) in [7, 11) is 0. The van der Waals surface area contributed by atoms with Crippen molar-refractivity contribution in [2.75, 3.05) is 0 Å². The number of benzene rings is 5. The Hall–Kier alpha value is -4.93. The molecule has 0 fully saturated rings. The van der Waals surface area contributed by atoms with Gasteiger partial charge < -0.3 is 0 Å². The van der Waals surface area contributed by atoms with Crippen LogP contribution in [0.1, 0.15) is 30.8 Å². The maximum absolute atomic E-state index is 4.97. The van der Waals surface area contributed by atoms with Gasteiger partial charge in [0.05, 0.1) is 0 Å². The third-order valence-electron chi connectivity index (χ3n) is 8.50. The van der Waals surface area contributed by atoms with Crippen molar-refractivity contribution in [3.63, 3.8) is 0 Å². The molecule has 4 heteroatoms. The molecule has 0 spiro atoms. The van der Waals surface area contributed by atoms with E-state index in [0.29, 0.717) is 17.5 Å². The molecule has 0 N–H and O–H groups in total. The van der Waals surface area contributed by atoms with Crippen molar-refractivity contribution in [2.24, 2.45) is 0 Å². The third kappa shape index (κ3) is 4.63. The number of nitrogens with zero attached hydrogens (tertiary/aromatic N) is 3. The predicted octanol–water partition coefficient (Wildman–Crippen LogP) is 10.8. The van der Waals surface area contributed by atoms with Gasteiger partial charge in [-0.15, -0.1) is 0 Å². The first-order chi connectivity index (χ1) is 21.4. The second-order valence-corrected chi connectivity index (χ2v) is 12.4. The molecule has 0 saturated carbocycles. The third-order valence-corrected chi connectivity index (χ3v) is 8.96. The van der Waals surface area contributed by atoms with Crippen molar-refractivity contribution in [2.45, 2.75) is 19.3 Å². The van der Waals surface area contributed by atoms with Crippen molar-refractivity contribution < 1.29 is 0 Å². The molecule has 0 saturated heterocycles. The van der Waals surface area contributed by atoms with Gasteiger partial charge in [0.1, 0.15) is 0 Å². The molecule has 6 aromatic rings. The summed E-state index contributed by atoms with van der Waals surface area (Å²) >= 11 is 3.82. The average Bonchev–Trinajstić information content (AvgIpc) is 3.29. The lowest BCUT2D eigenvalue weighted by molar-refractivity contribution is 0.661. The molecule has 1 heterocycles. The van der Waals surface area contributed by atoms with E-state index in [1.54, 1.807) is 12.2 Å². The number of hydrogen-bond acceptors (Lipinski definition) is 3. The van der Waals surface area contributed by atoms with E-state index >= 15 is 0 Å². The van der Waals surface area contributed by atoms with Crippen LogP contribution in [0.15, 0.2) is 139 Å². The molecule has 5 aromatic carbocycles. The van der Waals surface area contributed by atoms with E-state index in [4.69, 9.17) is 15.0 Å². The first-order valence-corrected chi connectivity index (χ1v) is 15.4. The fraction of sp³-hybridized carbons (Fsp3) is 0.0750. The first-order valence-electron chi connectivity index (χ1n) is 14.6. The molecule has 1 aromatic heterocycles. The summed E-state index contributed by atoms with van der Waals surface area (Å²) in [6, 6.07) is 36.4. The molecule has 0 atom stereocenters. The van der Waals surface area contributed by atoms with Gasteiger partial charge in [0.25, 0.3) is 0 Å². The summed E-state index contributed by atoms with van der Waals surface area (Å²) < 4.78 is 0.950. The summed E-state index contributed by atoms with van der Waals surface area (Å²) in [4.78, 5) is 14.7. The molecule has 1 aliphatic carbocycles. The quantitative estimate of drug-likeness (QED) is 0.172. The zero-order valence-electron chi connectivity index (χ0n) is 24.7. The SMILES string of the molecule is C=C/C=C(\C=C)c1nc(-c2ccccc2)nc(-c2cc(Br)cc(-c3cc4c(c5ccccc35)-c3ccccc3C4(C)C)c2)n1. The van der Waals surface area contributed by atoms with E-state index in [-0.39, 0.29) is 5.41 Å². The average molecular weight is 633 g/mol. The van der Waals surface area contributed by atoms with E-state index < -0.39 is 0 Å². The second-order valence-electron chi connectivity index (χ2n) is 11.5. The molecule has 0 bridgehead atoms. The summed E-state index contributed by atoms with van der Waals surface area (Å²) in [5.41, 5.74) is 10.1. The van der Waals surface area contributed by atoms with Crippen molar-refractivity contribution in [3.05, 3.63) is 156 Å². The minimum Gasteiger partial charge on any atom is -0.208 e. The Morgan fingerprint density at radius 1 is 0.659 bits per heavy atom. The van der Waals surface area contributed by atoms with Gasteiger partial charge in [-0.2, -0.15) is 0 Å². The van der Waals surface area contributed by atoms with Gasteiger partial charge in [0, 0.05) is 26.6 Å². The minimum atomic E-state index is -0.119. The van der Waals surface area contributed by atoms with Crippen LogP contribution in [0.2, 0.25) is 0 Å². The summed E-state index contributed by atoms with van der Waals surface area (Å²) in [5.74, 6) is 1.74. The van der Waals surface area contributed by atoms with Crippen molar-refractivity contribution >= 4 is 32.3 Å². The molecule has 0 amide bonds. The van der Waals surface area contributed by atoms with Crippen LogP contribution in [0, 0.1) is 0 Å². The standard InChI is InChI=1S/C40H30BrN3/c1-5-14-25(6-2)37-42-38(26-15-8-7-9-16-26)44-39(43-37)28-21-27(22-29(41)23-28)33-24-35-36(31-18-11-10-17-30(31)33)32-19-12-13-20-34(32)40(35,3)4/h5-24H,1-2H2,3-4H3/b25-14+. The lowest BCUT2D eigenvalue weighted by Gasteiger charge is -2.23. The maximum Gasteiger partial charge on any atom is 0.164 e. The van der Waals surface area contributed by atoms with Crippen LogP contribution in [-0.4, -0.2) is 15.0 Å². The molecule has 3 nitrogen and oxygen atoms in total. The summed E-state index contributed by atoms with van der Waals surface area (Å²) in [6.45, 7) is 12.5. The normalized spacial score (nSPS) is 13.4. The van der Waals surface area contributed by atoms with Crippen molar-refractivity contribution in [1.29, 1.82) is 0 Å². The maximum atomic E-state index is 4.97. The van der Waals surface area contributed by atoms with E-state index in [9.17, 15) is 0 Å². The molecule has 0 radical (unpaired) electrons. The molecule has 7 rings (SSSR count). The fourth-order valence-corrected chi connectivity index (χ4v) is 6.87. The molecule has 0 unspecified atom stereocenters. The number of fused-ring (bicyclic) bond motifs is 5. The Balaban J connectivity index is 1.46. The molecule has 44 heavy (non-hydrogen) atoms. The van der Waals surface area contributed by atoms with Crippen LogP contribution in [0.25, 0.3) is 61.4 Å². The van der Waals surface area contributed by atoms with Gasteiger partial charge >= 0.3 is 0 Å². The highest BCUT2D eigenvalue weighted by molar-refractivity contribution is 9.10. The van der Waals surface area contributed by atoms with Crippen LogP contribution >= 0.6 is 15.9 Å². The number of hydrogen-bond donors (Lipinski definition) is 0. The lowest BCUT2D eigenvalue weighted by atomic mass is 9.80. The Labute approximate surface area is 266 Å². The van der Waals surface area contributed by atoms with Crippen LogP contribution in [0.5, 0.6) is 0 Å². The fourth-order valence-electron chi connectivity index (χ4n) is 6.37. The van der Waals surface area contributed by atoms with Crippen LogP contribution < -0.4 is 0 Å². The number of halogens is 1. The Morgan fingerprint density at radius 2 is 1.32 bits per heavy atom. The van der Waals surface area contributed by atoms with Gasteiger partial charge in [-0.1, -0.05) is 140 Å². The highest BCUT2D eigenvalue weighted by atomic mass is 79.9. The lowest BCUT2D eigenvalue weighted by Crippen LogP contribution is -2.15. The smallest absolute Gasteiger partial charge is 0.164 e. The van der Waals surface area contributed by atoms with Gasteiger partial charge in [-0.3, -0.25) is 0 Å². The topological polar surface area (TPSA) is 38.7 Å². The van der Waals surface area contributed by atoms with Gasteiger partial charge in [0.15, 0.2) is 17.5 Å². The summed E-state index contributed by atoms with van der Waals surface area (Å²) in [6.07, 6.45) is 5.33. The van der Waals surface area contributed by atoms with Crippen molar-refractivity contribution in [1.82, 2.24) is 15.0 Å². The zero-order valence-corrected chi connectivity index (χ0v) is 26.3. The minimum absolute atomic E-state index is 0.119. The van der Waals surface area contributed by atoms with Gasteiger partial charge in [0.2, 0.25) is 0 Å². The largest absolute Gasteiger partial charge is 0.208 e. The zero-order chi connectivity index (χ0) is 30.4. The highest BCUT2D eigenvalue weighted by Crippen LogP contribution is 2.53. The summed E-state index contributed by atoms with van der Waals surface area (Å²) in [5, 5.41) is 2.48. The van der Waals surface area contributed by atoms with Crippen molar-refractivity contribution in [3.8, 4) is 45.0 Å². The van der Waals surface area contributed by atoms with Crippen LogP contribution in [0.3, 0.4) is 0 Å². The van der Waals surface area contributed by atoms with E-state index in [2.05, 4.69) is 116 Å². The Kier molecular flexibility index (Phi) is 6.95. The Morgan fingerprint density at radius 3 is 2.07 bits per heavy atom. The highest BCUT2D eigenvalue weighted by Gasteiger charge is 2.37. The Bertz CT molecular complexity index is 2140. The molecule has 212 valence electrons. The number of rotatable bonds is 6. The molecule has 0 aliphatic heterocycles. The molecular formula is C40H30BrN3. The molecular weight excluding hydrogens is 602 g/mol. The van der Waals surface area contributed by atoms with E-state index in [1.165, 1.54) is 38.6 Å². The van der Waals surface area contributed by atoms with Gasteiger partial charge in [-0.25, -0.2) is 15.0 Å². The predicted molar refractivity (Wildman–Crippen MR) is 187 cm³/mol. The van der Waals surface area contributed by atoms with Crippen LogP contribution in [0.4, 0.5) is 0 Å². The van der Waals surface area contributed by atoms with E-state index in [0.717, 1.165) is 26.7 Å². The second kappa shape index (κ2) is 11.0. The van der Waals surface area contributed by atoms with Gasteiger partial charge in [-0.05, 0) is 68.4 Å². The number of allylic oxidation sites excluding steroid dienone is 4. The van der Waals surface area contributed by atoms with Crippen LogP contribution in [-0.2, 0) is 5.41 Å². The molecule has 1 aliphatic rings. The number of aromatic nitrogens is 3. The van der Waals surface area contributed by atoms with E-state index in [1.807, 2.05) is 36.4 Å². The monoisotopic (exact) mass is 631 g/mol.